The van der Waals surface area contributed by atoms with E-state index in [0.29, 0.717) is 5.75 Å². The van der Waals surface area contributed by atoms with E-state index in [9.17, 15) is 4.21 Å². The average molecular weight is 281 g/mol. The first-order chi connectivity index (χ1) is 8.99. The summed E-state index contributed by atoms with van der Waals surface area (Å²) >= 11 is 0. The molecular formula is C16H27NOS. The molecule has 1 aromatic rings. The molecule has 0 aromatic heterocycles. The molecule has 1 rings (SSSR count). The van der Waals surface area contributed by atoms with Crippen LogP contribution < -0.4 is 5.32 Å². The summed E-state index contributed by atoms with van der Waals surface area (Å²) in [6, 6.07) is 4.61. The van der Waals surface area contributed by atoms with Crippen LogP contribution in [-0.4, -0.2) is 22.8 Å². The van der Waals surface area contributed by atoms with Gasteiger partial charge < -0.3 is 5.32 Å². The second-order valence-corrected chi connectivity index (χ2v) is 6.94. The summed E-state index contributed by atoms with van der Waals surface area (Å²) in [6.45, 7) is 8.56. The molecule has 0 saturated heterocycles. The minimum Gasteiger partial charge on any atom is -0.312 e. The second kappa shape index (κ2) is 7.81. The van der Waals surface area contributed by atoms with Gasteiger partial charge in [0.1, 0.15) is 0 Å². The molecule has 0 bridgehead atoms. The molecule has 2 atom stereocenters. The molecular weight excluding hydrogens is 254 g/mol. The van der Waals surface area contributed by atoms with Crippen molar-refractivity contribution < 1.29 is 4.21 Å². The Morgan fingerprint density at radius 1 is 1.21 bits per heavy atom. The first-order valence-electron chi connectivity index (χ1n) is 7.09. The summed E-state index contributed by atoms with van der Waals surface area (Å²) in [7, 11) is 1.22. The van der Waals surface area contributed by atoms with Crippen LogP contribution in [0.4, 0.5) is 0 Å². The number of hydrogen-bond acceptors (Lipinski definition) is 2. The lowest BCUT2D eigenvalue weighted by Gasteiger charge is -2.21. The van der Waals surface area contributed by atoms with E-state index in [4.69, 9.17) is 0 Å². The Labute approximate surface area is 120 Å². The fourth-order valence-corrected chi connectivity index (χ4v) is 4.11. The minimum absolute atomic E-state index is 0.193. The van der Waals surface area contributed by atoms with Gasteiger partial charge in [0.2, 0.25) is 0 Å². The standard InChI is InChI=1S/C16H27NOS/c1-6-7-8-19(18)11-15(17-5)16-13(3)9-12(2)10-14(16)4/h9-10,15,17H,6-8,11H2,1-5H3. The molecule has 0 aliphatic rings. The number of hydrogen-bond donors (Lipinski definition) is 1. The van der Waals surface area contributed by atoms with Gasteiger partial charge in [0.15, 0.2) is 0 Å². The van der Waals surface area contributed by atoms with Gasteiger partial charge in [0, 0.05) is 28.3 Å². The highest BCUT2D eigenvalue weighted by Crippen LogP contribution is 2.24. The summed E-state index contributed by atoms with van der Waals surface area (Å²) in [5, 5.41) is 3.33. The van der Waals surface area contributed by atoms with Gasteiger partial charge in [-0.1, -0.05) is 31.0 Å². The van der Waals surface area contributed by atoms with Gasteiger partial charge in [-0.15, -0.1) is 0 Å². The first kappa shape index (κ1) is 16.4. The Kier molecular flexibility index (Phi) is 6.73. The van der Waals surface area contributed by atoms with E-state index in [-0.39, 0.29) is 6.04 Å². The highest BCUT2D eigenvalue weighted by Gasteiger charge is 2.17. The number of benzene rings is 1. The molecule has 2 nitrogen and oxygen atoms in total. The largest absolute Gasteiger partial charge is 0.312 e. The van der Waals surface area contributed by atoms with Crippen LogP contribution in [0.25, 0.3) is 0 Å². The predicted molar refractivity (Wildman–Crippen MR) is 85.2 cm³/mol. The molecule has 1 N–H and O–H groups in total. The maximum atomic E-state index is 12.1. The van der Waals surface area contributed by atoms with Crippen LogP contribution in [0.5, 0.6) is 0 Å². The SMILES string of the molecule is CCCCS(=O)CC(NC)c1c(C)cc(C)cc1C. The molecule has 0 fully saturated rings. The number of unbranched alkanes of at least 4 members (excludes halogenated alkanes) is 1. The maximum absolute atomic E-state index is 12.1. The highest BCUT2D eigenvalue weighted by molar-refractivity contribution is 7.85. The van der Waals surface area contributed by atoms with E-state index in [2.05, 4.69) is 45.1 Å². The van der Waals surface area contributed by atoms with Crippen LogP contribution in [-0.2, 0) is 10.8 Å². The molecule has 0 saturated carbocycles. The lowest BCUT2D eigenvalue weighted by molar-refractivity contribution is 0.629. The van der Waals surface area contributed by atoms with Crippen molar-refractivity contribution in [2.75, 3.05) is 18.6 Å². The fraction of sp³-hybridized carbons (Fsp3) is 0.625. The van der Waals surface area contributed by atoms with E-state index >= 15 is 0 Å². The van der Waals surface area contributed by atoms with E-state index in [0.717, 1.165) is 18.6 Å². The van der Waals surface area contributed by atoms with Crippen molar-refractivity contribution >= 4 is 10.8 Å². The van der Waals surface area contributed by atoms with Gasteiger partial charge >= 0.3 is 0 Å². The van der Waals surface area contributed by atoms with Crippen LogP contribution in [0.15, 0.2) is 12.1 Å². The third kappa shape index (κ3) is 4.73. The zero-order chi connectivity index (χ0) is 14.4. The second-order valence-electron chi connectivity index (χ2n) is 5.32. The Bertz CT molecular complexity index is 419. The van der Waals surface area contributed by atoms with Crippen LogP contribution in [0.2, 0.25) is 0 Å². The molecule has 19 heavy (non-hydrogen) atoms. The number of rotatable bonds is 7. The first-order valence-corrected chi connectivity index (χ1v) is 8.58. The third-order valence-corrected chi connectivity index (χ3v) is 4.96. The Morgan fingerprint density at radius 3 is 2.26 bits per heavy atom. The molecule has 0 aliphatic carbocycles. The van der Waals surface area contributed by atoms with Crippen molar-refractivity contribution in [2.24, 2.45) is 0 Å². The molecule has 2 unspecified atom stereocenters. The van der Waals surface area contributed by atoms with Crippen LogP contribution in [0.1, 0.15) is 48.1 Å². The quantitative estimate of drug-likeness (QED) is 0.829. The van der Waals surface area contributed by atoms with Gasteiger partial charge in [0.25, 0.3) is 0 Å². The van der Waals surface area contributed by atoms with Gasteiger partial charge in [0.05, 0.1) is 0 Å². The zero-order valence-electron chi connectivity index (χ0n) is 12.9. The van der Waals surface area contributed by atoms with Crippen molar-refractivity contribution in [3.05, 3.63) is 34.4 Å². The van der Waals surface area contributed by atoms with Gasteiger partial charge in [-0.3, -0.25) is 4.21 Å². The highest BCUT2D eigenvalue weighted by atomic mass is 32.2. The smallest absolute Gasteiger partial charge is 0.0439 e. The third-order valence-electron chi connectivity index (χ3n) is 3.51. The van der Waals surface area contributed by atoms with Gasteiger partial charge in [-0.2, -0.15) is 0 Å². The monoisotopic (exact) mass is 281 g/mol. The topological polar surface area (TPSA) is 29.1 Å². The van der Waals surface area contributed by atoms with Crippen molar-refractivity contribution in [1.29, 1.82) is 0 Å². The molecule has 0 heterocycles. The Balaban J connectivity index is 2.88. The molecule has 0 spiro atoms. The molecule has 0 radical (unpaired) electrons. The van der Waals surface area contributed by atoms with Crippen molar-refractivity contribution in [3.63, 3.8) is 0 Å². The Hall–Kier alpha value is -0.670. The lowest BCUT2D eigenvalue weighted by Crippen LogP contribution is -2.25. The van der Waals surface area contributed by atoms with E-state index in [1.807, 2.05) is 7.05 Å². The molecule has 1 aromatic carbocycles. The summed E-state index contributed by atoms with van der Waals surface area (Å²) in [4.78, 5) is 0. The van der Waals surface area contributed by atoms with E-state index in [1.54, 1.807) is 0 Å². The van der Waals surface area contributed by atoms with Gasteiger partial charge in [-0.25, -0.2) is 0 Å². The lowest BCUT2D eigenvalue weighted by atomic mass is 9.95. The van der Waals surface area contributed by atoms with Crippen LogP contribution in [0, 0.1) is 20.8 Å². The summed E-state index contributed by atoms with van der Waals surface area (Å²) in [5.74, 6) is 1.53. The molecule has 108 valence electrons. The van der Waals surface area contributed by atoms with E-state index < -0.39 is 10.8 Å². The number of aryl methyl sites for hydroxylation is 3. The van der Waals surface area contributed by atoms with E-state index in [1.165, 1.54) is 22.3 Å². The summed E-state index contributed by atoms with van der Waals surface area (Å²) < 4.78 is 12.1. The van der Waals surface area contributed by atoms with Crippen molar-refractivity contribution in [2.45, 2.75) is 46.6 Å². The normalized spacial score (nSPS) is 14.4. The predicted octanol–water partition coefficient (Wildman–Crippen LogP) is 3.42. The minimum atomic E-state index is -0.735. The fourth-order valence-electron chi connectivity index (χ4n) is 2.63. The average Bonchev–Trinajstić information content (AvgIpc) is 2.33. The van der Waals surface area contributed by atoms with Gasteiger partial charge in [-0.05, 0) is 50.9 Å². The van der Waals surface area contributed by atoms with Crippen molar-refractivity contribution in [3.8, 4) is 0 Å². The maximum Gasteiger partial charge on any atom is 0.0439 e. The summed E-state index contributed by atoms with van der Waals surface area (Å²) in [5.41, 5.74) is 5.20. The molecule has 0 aliphatic heterocycles. The van der Waals surface area contributed by atoms with Crippen LogP contribution >= 0.6 is 0 Å². The van der Waals surface area contributed by atoms with Crippen molar-refractivity contribution in [1.82, 2.24) is 5.32 Å². The molecule has 0 amide bonds. The number of nitrogens with one attached hydrogen (secondary N) is 1. The van der Waals surface area contributed by atoms with Crippen LogP contribution in [0.3, 0.4) is 0 Å². The Morgan fingerprint density at radius 2 is 1.79 bits per heavy atom. The zero-order valence-corrected chi connectivity index (χ0v) is 13.7. The summed E-state index contributed by atoms with van der Waals surface area (Å²) in [6.07, 6.45) is 2.16. The molecule has 3 heteroatoms.